The molecule has 3 aromatic heterocycles. The smallest absolute Gasteiger partial charge is 0.269 e. The molecule has 0 aromatic carbocycles. The number of aromatic nitrogens is 3. The fourth-order valence-electron chi connectivity index (χ4n) is 4.61. The van der Waals surface area contributed by atoms with Crippen LogP contribution in [0.5, 0.6) is 0 Å². The summed E-state index contributed by atoms with van der Waals surface area (Å²) in [5.74, 6) is -1.01. The number of carbonyl (C=O) groups excluding carboxylic acids is 1. The highest BCUT2D eigenvalue weighted by Crippen LogP contribution is 2.40. The number of hydrogen-bond acceptors (Lipinski definition) is 6. The Labute approximate surface area is 184 Å². The van der Waals surface area contributed by atoms with E-state index in [9.17, 15) is 14.0 Å². The van der Waals surface area contributed by atoms with Crippen LogP contribution in [0, 0.1) is 5.95 Å². The van der Waals surface area contributed by atoms with Gasteiger partial charge in [0, 0.05) is 50.5 Å². The Balaban J connectivity index is 1.30. The van der Waals surface area contributed by atoms with Gasteiger partial charge in [-0.05, 0) is 42.7 Å². The molecule has 3 aromatic rings. The molecule has 2 atom stereocenters. The number of carbonyl (C=O) groups is 1. The quantitative estimate of drug-likeness (QED) is 0.593. The van der Waals surface area contributed by atoms with Crippen molar-refractivity contribution in [1.82, 2.24) is 25.2 Å². The molecule has 9 heteroatoms. The number of H-pyrrole nitrogens is 1. The lowest BCUT2D eigenvalue weighted by atomic mass is 10.1. The van der Waals surface area contributed by atoms with Crippen molar-refractivity contribution in [2.75, 3.05) is 25.0 Å². The number of nitrogens with one attached hydrogen (secondary N) is 2. The van der Waals surface area contributed by atoms with Gasteiger partial charge in [-0.15, -0.1) is 0 Å². The van der Waals surface area contributed by atoms with Crippen LogP contribution in [-0.2, 0) is 13.0 Å². The van der Waals surface area contributed by atoms with Crippen LogP contribution in [0.2, 0.25) is 0 Å². The predicted octanol–water partition coefficient (Wildman–Crippen LogP) is 1.84. The van der Waals surface area contributed by atoms with Crippen LogP contribution in [0.15, 0.2) is 35.3 Å². The second-order valence-electron chi connectivity index (χ2n) is 8.37. The Morgan fingerprint density at radius 3 is 2.88 bits per heavy atom. The largest absolute Gasteiger partial charge is 0.362 e. The maximum atomic E-state index is 14.6. The number of anilines is 1. The summed E-state index contributed by atoms with van der Waals surface area (Å²) in [5.41, 5.74) is 3.78. The van der Waals surface area contributed by atoms with E-state index in [0.717, 1.165) is 41.7 Å². The van der Waals surface area contributed by atoms with Crippen LogP contribution in [0.4, 0.5) is 10.1 Å². The summed E-state index contributed by atoms with van der Waals surface area (Å²) in [6.45, 7) is 4.14. The molecule has 0 spiro atoms. The minimum absolute atomic E-state index is 0.0621. The predicted molar refractivity (Wildman–Crippen MR) is 119 cm³/mol. The van der Waals surface area contributed by atoms with Gasteiger partial charge in [0.15, 0.2) is 0 Å². The Morgan fingerprint density at radius 1 is 1.28 bits per heavy atom. The first kappa shape index (κ1) is 20.6. The number of piperazine rings is 1. The van der Waals surface area contributed by atoms with Gasteiger partial charge in [-0.1, -0.05) is 6.92 Å². The molecule has 0 bridgehead atoms. The van der Waals surface area contributed by atoms with E-state index >= 15 is 0 Å². The summed E-state index contributed by atoms with van der Waals surface area (Å²) in [6.07, 6.45) is 3.49. The van der Waals surface area contributed by atoms with Crippen molar-refractivity contribution in [1.29, 1.82) is 0 Å². The molecule has 1 aliphatic carbocycles. The molecule has 4 heterocycles. The molecule has 2 unspecified atom stereocenters. The van der Waals surface area contributed by atoms with Gasteiger partial charge in [0.25, 0.3) is 11.5 Å². The van der Waals surface area contributed by atoms with Crippen molar-refractivity contribution in [2.45, 2.75) is 38.4 Å². The molecule has 1 saturated carbocycles. The first-order valence-electron chi connectivity index (χ1n) is 10.9. The van der Waals surface area contributed by atoms with Gasteiger partial charge in [0.1, 0.15) is 5.69 Å². The van der Waals surface area contributed by atoms with Crippen molar-refractivity contribution < 1.29 is 9.18 Å². The van der Waals surface area contributed by atoms with Crippen molar-refractivity contribution >= 4 is 22.6 Å². The Kier molecular flexibility index (Phi) is 5.13. The molecule has 0 radical (unpaired) electrons. The highest BCUT2D eigenvalue weighted by Gasteiger charge is 2.49. The van der Waals surface area contributed by atoms with E-state index in [4.69, 9.17) is 0 Å². The molecule has 1 amide bonds. The van der Waals surface area contributed by atoms with Crippen molar-refractivity contribution in [3.05, 3.63) is 63.6 Å². The monoisotopic (exact) mass is 436 g/mol. The van der Waals surface area contributed by atoms with Crippen molar-refractivity contribution in [3.8, 4) is 0 Å². The number of pyridine rings is 3. The number of aryl methyl sites for hydroxylation is 1. The average molecular weight is 436 g/mol. The molecule has 166 valence electrons. The number of hydrogen-bond donors (Lipinski definition) is 2. The van der Waals surface area contributed by atoms with E-state index in [0.29, 0.717) is 24.7 Å². The van der Waals surface area contributed by atoms with Gasteiger partial charge in [0.2, 0.25) is 5.95 Å². The summed E-state index contributed by atoms with van der Waals surface area (Å²) < 4.78 is 14.6. The SMILES string of the molecule is CCc1cc2ncc(CN3CCN(c4ccc(C(=O)NC)nc4F)C4CC43)cc2[nH]c1=O. The number of nitrogens with zero attached hydrogens (tertiary/aromatic N) is 4. The zero-order valence-electron chi connectivity index (χ0n) is 18.1. The Bertz CT molecular complexity index is 1260. The van der Waals surface area contributed by atoms with E-state index in [2.05, 4.69) is 30.1 Å². The van der Waals surface area contributed by atoms with Gasteiger partial charge in [-0.25, -0.2) is 4.98 Å². The molecule has 32 heavy (non-hydrogen) atoms. The van der Waals surface area contributed by atoms with Gasteiger partial charge < -0.3 is 15.2 Å². The standard InChI is InChI=1S/C23H25FN6O2/c1-3-14-9-16-17(28-22(14)31)8-13(11-26-16)12-29-6-7-30(20-10-19(20)29)18-5-4-15(23(32)25-2)27-21(18)24/h4-5,8-9,11,19-20H,3,6-7,10,12H2,1-2H3,(H,25,32)(H,28,31). The van der Waals surface area contributed by atoms with Crippen LogP contribution in [0.1, 0.15) is 35.0 Å². The van der Waals surface area contributed by atoms with E-state index in [-0.39, 0.29) is 17.3 Å². The maximum absolute atomic E-state index is 14.6. The zero-order chi connectivity index (χ0) is 22.4. The second-order valence-corrected chi connectivity index (χ2v) is 8.37. The molecular formula is C23H25FN6O2. The summed E-state index contributed by atoms with van der Waals surface area (Å²) in [5, 5.41) is 2.46. The number of amides is 1. The number of fused-ring (bicyclic) bond motifs is 2. The second kappa shape index (κ2) is 7.98. The van der Waals surface area contributed by atoms with Crippen LogP contribution in [0.25, 0.3) is 11.0 Å². The molecule has 2 fully saturated rings. The maximum Gasteiger partial charge on any atom is 0.269 e. The fraction of sp³-hybridized carbons (Fsp3) is 0.391. The van der Waals surface area contributed by atoms with E-state index in [1.54, 1.807) is 12.1 Å². The highest BCUT2D eigenvalue weighted by molar-refractivity contribution is 5.92. The van der Waals surface area contributed by atoms with Crippen molar-refractivity contribution in [3.63, 3.8) is 0 Å². The summed E-state index contributed by atoms with van der Waals surface area (Å²) in [7, 11) is 1.50. The lowest BCUT2D eigenvalue weighted by molar-refractivity contribution is 0.0957. The molecule has 8 nitrogen and oxygen atoms in total. The first-order valence-corrected chi connectivity index (χ1v) is 10.9. The highest BCUT2D eigenvalue weighted by atomic mass is 19.1. The van der Waals surface area contributed by atoms with E-state index in [1.807, 2.05) is 25.3 Å². The molecule has 5 rings (SSSR count). The van der Waals surface area contributed by atoms with E-state index in [1.165, 1.54) is 7.05 Å². The van der Waals surface area contributed by atoms with Gasteiger partial charge in [0.05, 0.1) is 16.7 Å². The molecule has 2 aliphatic rings. The van der Waals surface area contributed by atoms with Gasteiger partial charge in [-0.3, -0.25) is 19.5 Å². The number of halogens is 1. The molecular weight excluding hydrogens is 411 g/mol. The van der Waals surface area contributed by atoms with E-state index < -0.39 is 11.9 Å². The van der Waals surface area contributed by atoms with Gasteiger partial charge in [-0.2, -0.15) is 4.39 Å². The molecule has 1 saturated heterocycles. The summed E-state index contributed by atoms with van der Waals surface area (Å²) >= 11 is 0. The minimum Gasteiger partial charge on any atom is -0.362 e. The number of aromatic amines is 1. The third-order valence-electron chi connectivity index (χ3n) is 6.41. The van der Waals surface area contributed by atoms with Crippen LogP contribution in [0.3, 0.4) is 0 Å². The fourth-order valence-corrected chi connectivity index (χ4v) is 4.61. The van der Waals surface area contributed by atoms with Crippen LogP contribution < -0.4 is 15.8 Å². The third-order valence-corrected chi connectivity index (χ3v) is 6.41. The number of rotatable bonds is 5. The summed E-state index contributed by atoms with van der Waals surface area (Å²) in [4.78, 5) is 39.6. The lowest BCUT2D eigenvalue weighted by Crippen LogP contribution is -2.46. The zero-order valence-corrected chi connectivity index (χ0v) is 18.1. The first-order chi connectivity index (χ1) is 15.5. The van der Waals surface area contributed by atoms with Crippen LogP contribution >= 0.6 is 0 Å². The topological polar surface area (TPSA) is 94.2 Å². The molecule has 2 N–H and O–H groups in total. The minimum atomic E-state index is -0.612. The normalized spacial score (nSPS) is 20.3. The Morgan fingerprint density at radius 2 is 2.12 bits per heavy atom. The molecule has 1 aliphatic heterocycles. The Hall–Kier alpha value is -3.33. The average Bonchev–Trinajstić information content (AvgIpc) is 3.60. The van der Waals surface area contributed by atoms with Crippen molar-refractivity contribution in [2.24, 2.45) is 0 Å². The summed E-state index contributed by atoms with van der Waals surface area (Å²) in [6, 6.07) is 7.61. The third kappa shape index (κ3) is 3.62. The lowest BCUT2D eigenvalue weighted by Gasteiger charge is -2.35. The van der Waals surface area contributed by atoms with Crippen LogP contribution in [-0.4, -0.2) is 58.0 Å². The van der Waals surface area contributed by atoms with Gasteiger partial charge >= 0.3 is 0 Å².